The molecule has 230 valence electrons. The van der Waals surface area contributed by atoms with Crippen molar-refractivity contribution >= 4 is 5.91 Å². The summed E-state index contributed by atoms with van der Waals surface area (Å²) in [6.07, 6.45) is -3.42. The number of hydrogen-bond donors (Lipinski definition) is 4. The maximum Gasteiger partial charge on any atom is 0.249 e. The van der Waals surface area contributed by atoms with Crippen molar-refractivity contribution in [3.05, 3.63) is 95.2 Å². The molecule has 14 heteroatoms. The molecule has 1 aromatic heterocycles. The number of benzene rings is 3. The Labute approximate surface area is 247 Å². The molecule has 2 fully saturated rings. The van der Waals surface area contributed by atoms with Crippen LogP contribution in [0.3, 0.4) is 0 Å². The predicted molar refractivity (Wildman–Crippen MR) is 145 cm³/mol. The van der Waals surface area contributed by atoms with Crippen LogP contribution >= 0.6 is 0 Å². The van der Waals surface area contributed by atoms with Crippen LogP contribution in [0.1, 0.15) is 34.3 Å². The molecule has 0 aliphatic carbocycles. The van der Waals surface area contributed by atoms with E-state index in [0.717, 1.165) is 4.68 Å². The summed E-state index contributed by atoms with van der Waals surface area (Å²) in [6.45, 7) is -0.751. The first-order chi connectivity index (χ1) is 21.1. The molecule has 5 N–H and O–H groups in total. The number of halogens is 4. The van der Waals surface area contributed by atoms with Crippen molar-refractivity contribution < 1.29 is 47.1 Å². The summed E-state index contributed by atoms with van der Waals surface area (Å²) in [4.78, 5) is 12.7. The molecular weight excluding hydrogens is 588 g/mol. The summed E-state index contributed by atoms with van der Waals surface area (Å²) < 4.78 is 69.6. The number of rotatable bonds is 6. The molecule has 2 aliphatic rings. The largest absolute Gasteiger partial charge is 0.394 e. The third-order valence-electron chi connectivity index (χ3n) is 8.18. The van der Waals surface area contributed by atoms with E-state index in [1.807, 2.05) is 0 Å². The van der Waals surface area contributed by atoms with Crippen LogP contribution in [0.4, 0.5) is 17.6 Å². The molecule has 4 aromatic rings. The monoisotopic (exact) mass is 614 g/mol. The molecule has 2 aliphatic heterocycles. The van der Waals surface area contributed by atoms with Crippen LogP contribution in [0.2, 0.25) is 0 Å². The van der Waals surface area contributed by atoms with Gasteiger partial charge in [0.2, 0.25) is 11.7 Å². The Hall–Kier alpha value is -4.21. The van der Waals surface area contributed by atoms with Crippen LogP contribution in [0.25, 0.3) is 22.4 Å². The number of aliphatic hydroxyl groups is 3. The van der Waals surface area contributed by atoms with Crippen molar-refractivity contribution in [1.29, 1.82) is 0 Å². The quantitative estimate of drug-likeness (QED) is 0.191. The maximum absolute atomic E-state index is 15.1. The molecule has 44 heavy (non-hydrogen) atoms. The molecule has 0 radical (unpaired) electrons. The topological polar surface area (TPSA) is 153 Å². The predicted octanol–water partition coefficient (Wildman–Crippen LogP) is 2.82. The fourth-order valence-corrected chi connectivity index (χ4v) is 6.19. The van der Waals surface area contributed by atoms with Crippen LogP contribution in [-0.4, -0.2) is 73.5 Å². The summed E-state index contributed by atoms with van der Waals surface area (Å²) in [6, 6.07) is 10.4. The number of nitrogens with zero attached hydrogens (tertiary/aromatic N) is 3. The molecule has 1 amide bonds. The lowest BCUT2D eigenvalue weighted by Crippen LogP contribution is -2.64. The number of nitrogens with two attached hydrogens (primary N) is 1. The molecule has 6 atom stereocenters. The lowest BCUT2D eigenvalue weighted by Gasteiger charge is -2.50. The number of carbonyl (C=O) groups excluding carboxylic acids is 1. The van der Waals surface area contributed by atoms with E-state index in [1.165, 1.54) is 36.5 Å². The van der Waals surface area contributed by atoms with E-state index in [0.29, 0.717) is 12.1 Å². The second kappa shape index (κ2) is 11.4. The van der Waals surface area contributed by atoms with E-state index in [1.54, 1.807) is 12.1 Å². The Balaban J connectivity index is 1.47. The minimum absolute atomic E-state index is 0.0107. The van der Waals surface area contributed by atoms with Gasteiger partial charge in [-0.15, -0.1) is 5.10 Å². The molecule has 3 aromatic carbocycles. The number of ether oxygens (including phenoxy) is 2. The minimum Gasteiger partial charge on any atom is -0.394 e. The van der Waals surface area contributed by atoms with Crippen molar-refractivity contribution in [3.63, 3.8) is 0 Å². The van der Waals surface area contributed by atoms with Gasteiger partial charge in [0, 0.05) is 22.6 Å². The normalized spacial score (nSPS) is 26.8. The summed E-state index contributed by atoms with van der Waals surface area (Å²) in [5.41, 5.74) is 6.14. The molecular formula is C30H26F4N4O6. The van der Waals surface area contributed by atoms with E-state index in [-0.39, 0.29) is 46.5 Å². The van der Waals surface area contributed by atoms with Crippen LogP contribution in [0.15, 0.2) is 60.8 Å². The Morgan fingerprint density at radius 2 is 1.73 bits per heavy atom. The smallest absolute Gasteiger partial charge is 0.249 e. The zero-order valence-electron chi connectivity index (χ0n) is 22.8. The Morgan fingerprint density at radius 3 is 2.41 bits per heavy atom. The molecule has 3 heterocycles. The lowest BCUT2D eigenvalue weighted by molar-refractivity contribution is -0.344. The Bertz CT molecular complexity index is 1710. The highest BCUT2D eigenvalue weighted by atomic mass is 19.2. The third-order valence-corrected chi connectivity index (χ3v) is 8.18. The number of hydrogen-bond acceptors (Lipinski definition) is 8. The molecule has 1 spiro atoms. The fourth-order valence-electron chi connectivity index (χ4n) is 6.19. The Morgan fingerprint density at radius 1 is 1.02 bits per heavy atom. The molecule has 2 saturated heterocycles. The van der Waals surface area contributed by atoms with Gasteiger partial charge in [0.25, 0.3) is 0 Å². The standard InChI is InChI=1S/C30H26F4N4O6/c31-19-7-2-1-4-15(19)16-5-3-6-17(29(35)42)24(16)18-8-9-43-30(18)28(41)26(27(40)23(13-39)44-30)38-12-22(36-37-38)14-10-20(32)25(34)21(33)11-14/h1-7,10-12,18,23,26-28,39-41H,8-9,13H2,(H2,35,42)/t18-,23-,26+,27+,28-,30+/m1/s1. The average molecular weight is 615 g/mol. The zero-order chi connectivity index (χ0) is 31.3. The van der Waals surface area contributed by atoms with Gasteiger partial charge in [-0.25, -0.2) is 22.2 Å². The molecule has 6 rings (SSSR count). The summed E-state index contributed by atoms with van der Waals surface area (Å²) in [5, 5.41) is 41.1. The first kappa shape index (κ1) is 29.8. The van der Waals surface area contributed by atoms with Crippen molar-refractivity contribution in [1.82, 2.24) is 15.0 Å². The minimum atomic E-state index is -2.02. The van der Waals surface area contributed by atoms with Crippen molar-refractivity contribution in [2.45, 2.75) is 42.5 Å². The molecule has 0 bridgehead atoms. The Kier molecular flexibility index (Phi) is 7.71. The van der Waals surface area contributed by atoms with E-state index < -0.39 is 71.8 Å². The second-order valence-electron chi connectivity index (χ2n) is 10.6. The fraction of sp³-hybridized carbons (Fsp3) is 0.300. The molecule has 10 nitrogen and oxygen atoms in total. The third kappa shape index (κ3) is 4.75. The first-order valence-electron chi connectivity index (χ1n) is 13.6. The van der Waals surface area contributed by atoms with Gasteiger partial charge in [0.1, 0.15) is 35.9 Å². The SMILES string of the molecule is NC(=O)c1cccc(-c2ccccc2F)c1[C@H]1CCO[C@]12O[C@H](CO)[C@H](O)[C@H](n1cc(-c3cc(F)c(F)c(F)c3)nn1)[C@H]2O. The maximum atomic E-state index is 15.1. The van der Waals surface area contributed by atoms with Gasteiger partial charge in [-0.3, -0.25) is 4.79 Å². The lowest BCUT2D eigenvalue weighted by atomic mass is 9.76. The first-order valence-corrected chi connectivity index (χ1v) is 13.6. The van der Waals surface area contributed by atoms with E-state index in [9.17, 15) is 33.3 Å². The zero-order valence-corrected chi connectivity index (χ0v) is 22.8. The van der Waals surface area contributed by atoms with Crippen LogP contribution < -0.4 is 5.73 Å². The van der Waals surface area contributed by atoms with Gasteiger partial charge in [-0.05, 0) is 41.8 Å². The molecule has 0 saturated carbocycles. The number of primary amides is 1. The van der Waals surface area contributed by atoms with Gasteiger partial charge >= 0.3 is 0 Å². The second-order valence-corrected chi connectivity index (χ2v) is 10.6. The molecule has 0 unspecified atom stereocenters. The van der Waals surface area contributed by atoms with Gasteiger partial charge in [-0.2, -0.15) is 0 Å². The van der Waals surface area contributed by atoms with Crippen molar-refractivity contribution in [2.24, 2.45) is 5.73 Å². The number of amides is 1. The number of aliphatic hydroxyl groups excluding tert-OH is 3. The van der Waals surface area contributed by atoms with Gasteiger partial charge in [0.15, 0.2) is 17.5 Å². The summed E-state index contributed by atoms with van der Waals surface area (Å²) in [7, 11) is 0. The average Bonchev–Trinajstić information content (AvgIpc) is 3.66. The van der Waals surface area contributed by atoms with Gasteiger partial charge < -0.3 is 30.5 Å². The van der Waals surface area contributed by atoms with Gasteiger partial charge in [-0.1, -0.05) is 35.5 Å². The highest BCUT2D eigenvalue weighted by molar-refractivity contribution is 5.97. The summed E-state index contributed by atoms with van der Waals surface area (Å²) >= 11 is 0. The van der Waals surface area contributed by atoms with E-state index in [2.05, 4.69) is 10.3 Å². The highest BCUT2D eigenvalue weighted by Gasteiger charge is 2.62. The number of aromatic nitrogens is 3. The van der Waals surface area contributed by atoms with E-state index >= 15 is 4.39 Å². The van der Waals surface area contributed by atoms with Crippen molar-refractivity contribution in [2.75, 3.05) is 13.2 Å². The van der Waals surface area contributed by atoms with Crippen LogP contribution in [0.5, 0.6) is 0 Å². The van der Waals surface area contributed by atoms with Gasteiger partial charge in [0.05, 0.1) is 19.4 Å². The van der Waals surface area contributed by atoms with Crippen molar-refractivity contribution in [3.8, 4) is 22.4 Å². The summed E-state index contributed by atoms with van der Waals surface area (Å²) in [5.74, 6) is -9.01. The highest BCUT2D eigenvalue weighted by Crippen LogP contribution is 2.53. The van der Waals surface area contributed by atoms with Crippen LogP contribution in [-0.2, 0) is 9.47 Å². The number of carbonyl (C=O) groups is 1. The van der Waals surface area contributed by atoms with E-state index in [4.69, 9.17) is 15.2 Å². The van der Waals surface area contributed by atoms with Crippen LogP contribution in [0, 0.1) is 23.3 Å².